The molecule has 5 nitrogen and oxygen atoms in total. The number of carbonyl (C=O) groups is 1. The molecule has 0 amide bonds. The van der Waals surface area contributed by atoms with Crippen LogP contribution in [0.1, 0.15) is 23.6 Å². The van der Waals surface area contributed by atoms with E-state index in [0.717, 1.165) is 6.42 Å². The molecule has 1 aliphatic heterocycles. The molecule has 0 fully saturated rings. The summed E-state index contributed by atoms with van der Waals surface area (Å²) in [7, 11) is 0. The summed E-state index contributed by atoms with van der Waals surface area (Å²) in [5.74, 6) is -0.000330. The zero-order valence-corrected chi connectivity index (χ0v) is 17.6. The number of esters is 1. The lowest BCUT2D eigenvalue weighted by Crippen LogP contribution is -2.07. The highest BCUT2D eigenvalue weighted by Gasteiger charge is 2.26. The van der Waals surface area contributed by atoms with E-state index < -0.39 is 11.8 Å². The van der Waals surface area contributed by atoms with Gasteiger partial charge in [0.2, 0.25) is 5.90 Å². The second-order valence-corrected chi connectivity index (χ2v) is 7.04. The molecule has 3 aromatic carbocycles. The third kappa shape index (κ3) is 5.03. The Morgan fingerprint density at radius 1 is 0.969 bits per heavy atom. The van der Waals surface area contributed by atoms with Crippen molar-refractivity contribution < 1.29 is 23.4 Å². The third-order valence-electron chi connectivity index (χ3n) is 4.79. The van der Waals surface area contributed by atoms with Crippen LogP contribution in [0.4, 0.5) is 4.39 Å². The molecule has 1 aliphatic rings. The fourth-order valence-electron chi connectivity index (χ4n) is 3.24. The highest BCUT2D eigenvalue weighted by molar-refractivity contribution is 6.12. The average molecular weight is 431 g/mol. The van der Waals surface area contributed by atoms with Gasteiger partial charge >= 0.3 is 5.97 Å². The normalized spacial score (nSPS) is 14.2. The monoisotopic (exact) mass is 431 g/mol. The molecule has 0 aliphatic carbocycles. The number of halogens is 1. The lowest BCUT2D eigenvalue weighted by molar-refractivity contribution is -0.129. The van der Waals surface area contributed by atoms with Crippen molar-refractivity contribution in [1.82, 2.24) is 0 Å². The number of aliphatic imine (C=N–C) groups is 1. The molecule has 0 N–H and O–H groups in total. The molecular formula is C26H22FNO4. The molecule has 0 spiro atoms. The zero-order chi connectivity index (χ0) is 22.3. The van der Waals surface area contributed by atoms with Crippen molar-refractivity contribution in [2.45, 2.75) is 13.3 Å². The molecular weight excluding hydrogens is 409 g/mol. The standard InChI is InChI=1S/C26H22FNO4/c1-2-30-24-17-19(12-13-23(24)31-15-14-18-8-4-3-5-9-18)16-22-26(29)32-25(28-22)20-10-6-7-11-21(20)27/h3-13,16-17H,2,14-15H2,1H3/b22-16-. The Labute approximate surface area is 185 Å². The van der Waals surface area contributed by atoms with Gasteiger partial charge in [-0.05, 0) is 48.4 Å². The Balaban J connectivity index is 1.52. The van der Waals surface area contributed by atoms with Crippen molar-refractivity contribution in [3.63, 3.8) is 0 Å². The van der Waals surface area contributed by atoms with Crippen molar-refractivity contribution >= 4 is 17.9 Å². The van der Waals surface area contributed by atoms with Gasteiger partial charge in [-0.2, -0.15) is 0 Å². The smallest absolute Gasteiger partial charge is 0.363 e. The number of nitrogens with zero attached hydrogens (tertiary/aromatic N) is 1. The van der Waals surface area contributed by atoms with Gasteiger partial charge in [0.25, 0.3) is 0 Å². The van der Waals surface area contributed by atoms with Crippen molar-refractivity contribution in [3.8, 4) is 11.5 Å². The largest absolute Gasteiger partial charge is 0.490 e. The van der Waals surface area contributed by atoms with Gasteiger partial charge in [0.05, 0.1) is 18.8 Å². The maximum Gasteiger partial charge on any atom is 0.363 e. The van der Waals surface area contributed by atoms with Gasteiger partial charge in [-0.1, -0.05) is 48.5 Å². The molecule has 1 heterocycles. The van der Waals surface area contributed by atoms with Crippen LogP contribution in [0.3, 0.4) is 0 Å². The minimum Gasteiger partial charge on any atom is -0.490 e. The van der Waals surface area contributed by atoms with E-state index in [0.29, 0.717) is 30.3 Å². The lowest BCUT2D eigenvalue weighted by Gasteiger charge is -2.12. The first kappa shape index (κ1) is 21.3. The van der Waals surface area contributed by atoms with Gasteiger partial charge in [-0.3, -0.25) is 0 Å². The fourth-order valence-corrected chi connectivity index (χ4v) is 3.24. The predicted molar refractivity (Wildman–Crippen MR) is 120 cm³/mol. The van der Waals surface area contributed by atoms with E-state index in [9.17, 15) is 9.18 Å². The second kappa shape index (κ2) is 9.92. The number of rotatable bonds is 8. The van der Waals surface area contributed by atoms with Crippen LogP contribution in [0.5, 0.6) is 11.5 Å². The first-order valence-corrected chi connectivity index (χ1v) is 10.3. The van der Waals surface area contributed by atoms with Crippen LogP contribution in [0, 0.1) is 5.82 Å². The van der Waals surface area contributed by atoms with Crippen LogP contribution >= 0.6 is 0 Å². The Hall–Kier alpha value is -3.93. The van der Waals surface area contributed by atoms with Gasteiger partial charge in [-0.15, -0.1) is 0 Å². The Kier molecular flexibility index (Phi) is 6.60. The summed E-state index contributed by atoms with van der Waals surface area (Å²) >= 11 is 0. The predicted octanol–water partition coefficient (Wildman–Crippen LogP) is 5.19. The minimum atomic E-state index is -0.635. The topological polar surface area (TPSA) is 57.1 Å². The van der Waals surface area contributed by atoms with Crippen molar-refractivity contribution in [1.29, 1.82) is 0 Å². The van der Waals surface area contributed by atoms with E-state index >= 15 is 0 Å². The van der Waals surface area contributed by atoms with E-state index in [4.69, 9.17) is 14.2 Å². The number of ether oxygens (including phenoxy) is 3. The number of cyclic esters (lactones) is 1. The third-order valence-corrected chi connectivity index (χ3v) is 4.79. The highest BCUT2D eigenvalue weighted by Crippen LogP contribution is 2.30. The van der Waals surface area contributed by atoms with E-state index in [-0.39, 0.29) is 17.2 Å². The van der Waals surface area contributed by atoms with E-state index in [2.05, 4.69) is 17.1 Å². The summed E-state index contributed by atoms with van der Waals surface area (Å²) in [5, 5.41) is 0. The van der Waals surface area contributed by atoms with Gasteiger partial charge in [-0.25, -0.2) is 14.2 Å². The Morgan fingerprint density at radius 2 is 1.75 bits per heavy atom. The van der Waals surface area contributed by atoms with Gasteiger partial charge < -0.3 is 14.2 Å². The average Bonchev–Trinajstić information content (AvgIpc) is 3.16. The van der Waals surface area contributed by atoms with Crippen molar-refractivity contribution in [2.24, 2.45) is 4.99 Å². The Morgan fingerprint density at radius 3 is 2.53 bits per heavy atom. The molecule has 0 atom stereocenters. The van der Waals surface area contributed by atoms with Crippen LogP contribution in [-0.4, -0.2) is 25.1 Å². The molecule has 0 radical (unpaired) electrons. The second-order valence-electron chi connectivity index (χ2n) is 7.04. The summed E-state index contributed by atoms with van der Waals surface area (Å²) in [6.45, 7) is 2.86. The van der Waals surface area contributed by atoms with Gasteiger partial charge in [0.15, 0.2) is 17.2 Å². The van der Waals surface area contributed by atoms with E-state index in [1.54, 1.807) is 36.4 Å². The zero-order valence-electron chi connectivity index (χ0n) is 17.6. The molecule has 162 valence electrons. The molecule has 0 saturated heterocycles. The lowest BCUT2D eigenvalue weighted by atomic mass is 10.1. The maximum absolute atomic E-state index is 14.0. The highest BCUT2D eigenvalue weighted by atomic mass is 19.1. The number of hydrogen-bond acceptors (Lipinski definition) is 5. The SMILES string of the molecule is CCOc1cc(/C=C2\N=C(c3ccccc3F)OC2=O)ccc1OCCc1ccccc1. The van der Waals surface area contributed by atoms with E-state index in [1.165, 1.54) is 17.7 Å². The Bertz CT molecular complexity index is 1170. The maximum atomic E-state index is 14.0. The molecule has 6 heteroatoms. The van der Waals surface area contributed by atoms with Crippen LogP contribution in [0.2, 0.25) is 0 Å². The van der Waals surface area contributed by atoms with Crippen molar-refractivity contribution in [2.75, 3.05) is 13.2 Å². The minimum absolute atomic E-state index is 0.0507. The first-order valence-electron chi connectivity index (χ1n) is 10.3. The molecule has 0 saturated carbocycles. The first-order chi connectivity index (χ1) is 15.6. The number of benzene rings is 3. The summed E-state index contributed by atoms with van der Waals surface area (Å²) in [6, 6.07) is 21.5. The van der Waals surface area contributed by atoms with Crippen LogP contribution in [-0.2, 0) is 16.0 Å². The molecule has 32 heavy (non-hydrogen) atoms. The van der Waals surface area contributed by atoms with E-state index in [1.807, 2.05) is 25.1 Å². The summed E-state index contributed by atoms with van der Waals surface area (Å²) in [6.07, 6.45) is 2.35. The van der Waals surface area contributed by atoms with Gasteiger partial charge in [0, 0.05) is 6.42 Å². The molecule has 0 unspecified atom stereocenters. The molecule has 4 rings (SSSR count). The molecule has 0 bridgehead atoms. The van der Waals surface area contributed by atoms with Crippen LogP contribution in [0.15, 0.2) is 83.5 Å². The summed E-state index contributed by atoms with van der Waals surface area (Å²) in [5.41, 5.74) is 2.11. The molecule has 3 aromatic rings. The van der Waals surface area contributed by atoms with Gasteiger partial charge in [0.1, 0.15) is 5.82 Å². The van der Waals surface area contributed by atoms with Crippen molar-refractivity contribution in [3.05, 3.63) is 101 Å². The summed E-state index contributed by atoms with van der Waals surface area (Å²) < 4.78 is 30.8. The van der Waals surface area contributed by atoms with Crippen LogP contribution < -0.4 is 9.47 Å². The fraction of sp³-hybridized carbons (Fsp3) is 0.154. The quantitative estimate of drug-likeness (QED) is 0.364. The van der Waals surface area contributed by atoms with Crippen LogP contribution in [0.25, 0.3) is 6.08 Å². The number of carbonyl (C=O) groups excluding carboxylic acids is 1. The number of hydrogen-bond donors (Lipinski definition) is 0. The molecule has 0 aromatic heterocycles. The summed E-state index contributed by atoms with van der Waals surface area (Å²) in [4.78, 5) is 16.4.